The molecule has 2 atom stereocenters. The summed E-state index contributed by atoms with van der Waals surface area (Å²) in [5.41, 5.74) is 0.0519. The van der Waals surface area contributed by atoms with Crippen LogP contribution in [-0.4, -0.2) is 36.8 Å². The fourth-order valence-electron chi connectivity index (χ4n) is 1.27. The van der Waals surface area contributed by atoms with Gasteiger partial charge < -0.3 is 19.7 Å². The largest absolute Gasteiger partial charge is 0.388 e. The van der Waals surface area contributed by atoms with Crippen LogP contribution in [0.25, 0.3) is 0 Å². The Hall–Kier alpha value is -1.01. The van der Waals surface area contributed by atoms with Gasteiger partial charge in [0.15, 0.2) is 0 Å². The molecule has 0 saturated heterocycles. The molecule has 0 aliphatic heterocycles. The molecule has 0 fully saturated rings. The molecule has 0 radical (unpaired) electrons. The summed E-state index contributed by atoms with van der Waals surface area (Å²) in [5, 5.41) is 19.2. The molecule has 0 aliphatic rings. The molecule has 0 heterocycles. The number of aliphatic hydroxyl groups excluding tert-OH is 2. The summed E-state index contributed by atoms with van der Waals surface area (Å²) in [6.45, 7) is -0.107. The van der Waals surface area contributed by atoms with Crippen molar-refractivity contribution in [2.24, 2.45) is 0 Å². The van der Waals surface area contributed by atoms with Crippen molar-refractivity contribution < 1.29 is 24.1 Å². The van der Waals surface area contributed by atoms with E-state index in [1.807, 2.05) is 0 Å². The lowest BCUT2D eigenvalue weighted by atomic mass is 10.0. The highest BCUT2D eigenvalue weighted by molar-refractivity contribution is 5.20. The van der Waals surface area contributed by atoms with Crippen molar-refractivity contribution in [3.8, 4) is 0 Å². The van der Waals surface area contributed by atoms with Crippen LogP contribution in [0.15, 0.2) is 24.3 Å². The number of halogens is 1. The van der Waals surface area contributed by atoms with Gasteiger partial charge >= 0.3 is 0 Å². The molecule has 0 aromatic heterocycles. The zero-order chi connectivity index (χ0) is 12.0. The van der Waals surface area contributed by atoms with Gasteiger partial charge in [-0.3, -0.25) is 0 Å². The second kappa shape index (κ2) is 6.55. The fourth-order valence-corrected chi connectivity index (χ4v) is 1.27. The van der Waals surface area contributed by atoms with Gasteiger partial charge in [-0.25, -0.2) is 4.39 Å². The topological polar surface area (TPSA) is 58.9 Å². The zero-order valence-corrected chi connectivity index (χ0v) is 8.97. The van der Waals surface area contributed by atoms with Crippen LogP contribution in [0.3, 0.4) is 0 Å². The normalized spacial score (nSPS) is 14.8. The van der Waals surface area contributed by atoms with Gasteiger partial charge in [-0.2, -0.15) is 0 Å². The van der Waals surface area contributed by atoms with Crippen LogP contribution in [0.5, 0.6) is 0 Å². The van der Waals surface area contributed by atoms with Crippen LogP contribution < -0.4 is 0 Å². The van der Waals surface area contributed by atoms with Crippen molar-refractivity contribution in [1.29, 1.82) is 0 Å². The molecule has 16 heavy (non-hydrogen) atoms. The maximum atomic E-state index is 13.3. The predicted octanol–water partition coefficient (Wildman–Crippen LogP) is 0.841. The number of methoxy groups -OCH3 is 1. The van der Waals surface area contributed by atoms with E-state index in [-0.39, 0.29) is 19.0 Å². The highest BCUT2D eigenvalue weighted by Crippen LogP contribution is 2.19. The van der Waals surface area contributed by atoms with Crippen molar-refractivity contribution in [3.63, 3.8) is 0 Å². The van der Waals surface area contributed by atoms with Crippen molar-refractivity contribution in [1.82, 2.24) is 0 Å². The maximum absolute atomic E-state index is 13.3. The lowest BCUT2D eigenvalue weighted by molar-refractivity contribution is -0.0905. The average molecular weight is 230 g/mol. The Bertz CT molecular complexity index is 319. The summed E-state index contributed by atoms with van der Waals surface area (Å²) in [5.74, 6) is -0.555. The molecule has 1 aromatic rings. The van der Waals surface area contributed by atoms with E-state index >= 15 is 0 Å². The Balaban J connectivity index is 2.56. The fraction of sp³-hybridized carbons (Fsp3) is 0.455. The third-order valence-electron chi connectivity index (χ3n) is 2.08. The first-order chi connectivity index (χ1) is 7.66. The maximum Gasteiger partial charge on any atom is 0.146 e. The van der Waals surface area contributed by atoms with Gasteiger partial charge in [-0.15, -0.1) is 0 Å². The molecule has 1 aromatic carbocycles. The summed E-state index contributed by atoms with van der Waals surface area (Å²) in [6, 6.07) is 5.74. The molecule has 0 amide bonds. The third kappa shape index (κ3) is 3.53. The van der Waals surface area contributed by atoms with Crippen LogP contribution in [0.1, 0.15) is 11.7 Å². The van der Waals surface area contributed by atoms with Gasteiger partial charge in [0.25, 0.3) is 0 Å². The lowest BCUT2D eigenvalue weighted by Gasteiger charge is -2.18. The standard InChI is InChI=1S/C11H15FO4/c1-15-7-16-6-10(13)11(14)8-4-2-3-5-9(8)12/h2-5,10-11,13-14H,6-7H2,1H3. The molecule has 2 unspecified atom stereocenters. The Labute approximate surface area is 93.2 Å². The van der Waals surface area contributed by atoms with E-state index in [9.17, 15) is 14.6 Å². The Kier molecular flexibility index (Phi) is 5.34. The van der Waals surface area contributed by atoms with E-state index in [0.717, 1.165) is 0 Å². The molecule has 0 spiro atoms. The van der Waals surface area contributed by atoms with Gasteiger partial charge in [0.1, 0.15) is 24.8 Å². The molecular weight excluding hydrogens is 215 g/mol. The predicted molar refractivity (Wildman–Crippen MR) is 55.2 cm³/mol. The second-order valence-electron chi connectivity index (χ2n) is 3.31. The van der Waals surface area contributed by atoms with Gasteiger partial charge in [0, 0.05) is 12.7 Å². The molecule has 0 saturated carbocycles. The van der Waals surface area contributed by atoms with E-state index in [0.29, 0.717) is 0 Å². The number of hydrogen-bond donors (Lipinski definition) is 2. The smallest absolute Gasteiger partial charge is 0.146 e. The van der Waals surface area contributed by atoms with Gasteiger partial charge in [0.05, 0.1) is 6.61 Å². The van der Waals surface area contributed by atoms with Gasteiger partial charge in [0.2, 0.25) is 0 Å². The van der Waals surface area contributed by atoms with Crippen molar-refractivity contribution in [3.05, 3.63) is 35.6 Å². The molecule has 1 rings (SSSR count). The molecule has 0 bridgehead atoms. The number of hydrogen-bond acceptors (Lipinski definition) is 4. The zero-order valence-electron chi connectivity index (χ0n) is 8.97. The minimum Gasteiger partial charge on any atom is -0.388 e. The molecule has 4 nitrogen and oxygen atoms in total. The first-order valence-corrected chi connectivity index (χ1v) is 4.84. The SMILES string of the molecule is COCOCC(O)C(O)c1ccccc1F. The van der Waals surface area contributed by atoms with Crippen LogP contribution in [0.2, 0.25) is 0 Å². The summed E-state index contributed by atoms with van der Waals surface area (Å²) in [4.78, 5) is 0. The minimum absolute atomic E-state index is 0.0149. The molecule has 5 heteroatoms. The van der Waals surface area contributed by atoms with Crippen molar-refractivity contribution >= 4 is 0 Å². The minimum atomic E-state index is -1.31. The van der Waals surface area contributed by atoms with Crippen LogP contribution in [0, 0.1) is 5.82 Å². The lowest BCUT2D eigenvalue weighted by Crippen LogP contribution is -2.25. The van der Waals surface area contributed by atoms with E-state index in [1.54, 1.807) is 6.07 Å². The number of benzene rings is 1. The monoisotopic (exact) mass is 230 g/mol. The van der Waals surface area contributed by atoms with Crippen molar-refractivity contribution in [2.75, 3.05) is 20.5 Å². The highest BCUT2D eigenvalue weighted by Gasteiger charge is 2.21. The third-order valence-corrected chi connectivity index (χ3v) is 2.08. The van der Waals surface area contributed by atoms with Gasteiger partial charge in [-0.05, 0) is 6.07 Å². The van der Waals surface area contributed by atoms with E-state index < -0.39 is 18.0 Å². The van der Waals surface area contributed by atoms with E-state index in [1.165, 1.54) is 25.3 Å². The van der Waals surface area contributed by atoms with E-state index in [2.05, 4.69) is 4.74 Å². The van der Waals surface area contributed by atoms with Gasteiger partial charge in [-0.1, -0.05) is 18.2 Å². The van der Waals surface area contributed by atoms with Crippen LogP contribution in [-0.2, 0) is 9.47 Å². The summed E-state index contributed by atoms with van der Waals surface area (Å²) < 4.78 is 22.7. The second-order valence-corrected chi connectivity index (χ2v) is 3.31. The first-order valence-electron chi connectivity index (χ1n) is 4.84. The molecular formula is C11H15FO4. The Morgan fingerprint density at radius 2 is 2.00 bits per heavy atom. The number of ether oxygens (including phenoxy) is 2. The number of aliphatic hydroxyl groups is 2. The molecule has 0 aliphatic carbocycles. The Morgan fingerprint density at radius 3 is 2.62 bits per heavy atom. The highest BCUT2D eigenvalue weighted by atomic mass is 19.1. The summed E-state index contributed by atoms with van der Waals surface area (Å²) in [7, 11) is 1.44. The van der Waals surface area contributed by atoms with E-state index in [4.69, 9.17) is 4.74 Å². The average Bonchev–Trinajstić information content (AvgIpc) is 2.29. The summed E-state index contributed by atoms with van der Waals surface area (Å²) >= 11 is 0. The Morgan fingerprint density at radius 1 is 1.31 bits per heavy atom. The first kappa shape index (κ1) is 13.1. The number of rotatable bonds is 6. The van der Waals surface area contributed by atoms with Crippen LogP contribution >= 0.6 is 0 Å². The quantitative estimate of drug-likeness (QED) is 0.561. The van der Waals surface area contributed by atoms with Crippen LogP contribution in [0.4, 0.5) is 4.39 Å². The molecule has 90 valence electrons. The van der Waals surface area contributed by atoms with Crippen molar-refractivity contribution in [2.45, 2.75) is 12.2 Å². The molecule has 2 N–H and O–H groups in total. The summed E-state index contributed by atoms with van der Waals surface area (Å²) in [6.07, 6.45) is -2.50.